The summed E-state index contributed by atoms with van der Waals surface area (Å²) in [5.74, 6) is -8.09. The predicted octanol–water partition coefficient (Wildman–Crippen LogP) is 4.31. The topological polar surface area (TPSA) is 105 Å². The van der Waals surface area contributed by atoms with Crippen molar-refractivity contribution in [1.29, 1.82) is 0 Å². The van der Waals surface area contributed by atoms with Crippen LogP contribution in [0.5, 0.6) is 0 Å². The first-order valence-electron chi connectivity index (χ1n) is 11.6. The lowest BCUT2D eigenvalue weighted by atomic mass is 9.95. The van der Waals surface area contributed by atoms with Crippen LogP contribution >= 0.6 is 0 Å². The van der Waals surface area contributed by atoms with Crippen molar-refractivity contribution >= 4 is 18.0 Å². The van der Waals surface area contributed by atoms with Gasteiger partial charge >= 0.3 is 18.0 Å². The molecule has 1 saturated carbocycles. The van der Waals surface area contributed by atoms with E-state index in [9.17, 15) is 23.2 Å². The maximum Gasteiger partial charge on any atom is 0.408 e. The monoisotopic (exact) mass is 486 g/mol. The number of ether oxygens (including phenoxy) is 1. The lowest BCUT2D eigenvalue weighted by Gasteiger charge is -2.32. The molecule has 9 heteroatoms. The van der Waals surface area contributed by atoms with Gasteiger partial charge in [-0.3, -0.25) is 4.79 Å². The number of fused-ring (bicyclic) bond motifs is 3. The normalized spacial score (nSPS) is 17.5. The van der Waals surface area contributed by atoms with E-state index < -0.39 is 41.4 Å². The molecule has 3 N–H and O–H groups in total. The van der Waals surface area contributed by atoms with Gasteiger partial charge in [0, 0.05) is 5.92 Å². The number of hydrogen-bond acceptors (Lipinski definition) is 4. The molecule has 2 amide bonds. The molecule has 2 aromatic carbocycles. The first-order valence-corrected chi connectivity index (χ1v) is 11.6. The lowest BCUT2D eigenvalue weighted by molar-refractivity contribution is -0.171. The number of alkyl carbamates (subject to hydrolysis) is 1. The second kappa shape index (κ2) is 9.28. The average molecular weight is 487 g/mol. The van der Waals surface area contributed by atoms with Crippen LogP contribution in [0.1, 0.15) is 50.2 Å². The van der Waals surface area contributed by atoms with Gasteiger partial charge < -0.3 is 20.5 Å². The van der Waals surface area contributed by atoms with Gasteiger partial charge in [0.2, 0.25) is 5.91 Å². The van der Waals surface area contributed by atoms with Gasteiger partial charge in [0.25, 0.3) is 0 Å². The molecule has 186 valence electrons. The molecule has 2 unspecified atom stereocenters. The highest BCUT2D eigenvalue weighted by Gasteiger charge is 2.55. The zero-order valence-electron chi connectivity index (χ0n) is 19.5. The molecule has 2 aromatic rings. The number of carboxylic acid groups (broad SMARTS) is 1. The molecule has 7 nitrogen and oxygen atoms in total. The minimum Gasteiger partial charge on any atom is -0.477 e. The molecule has 4 rings (SSSR count). The minimum absolute atomic E-state index is 0.0308. The van der Waals surface area contributed by atoms with E-state index in [0.29, 0.717) is 12.8 Å². The van der Waals surface area contributed by atoms with Crippen molar-refractivity contribution in [3.8, 4) is 11.1 Å². The minimum atomic E-state index is -4.12. The molecule has 0 spiro atoms. The SMILES string of the molecule is CCC(C)(NC(=O)OCC1c2ccccc2-c2ccccc21)C(=O)NC(C1CC1)C(F)(F)C(=O)O. The van der Waals surface area contributed by atoms with Gasteiger partial charge in [0.15, 0.2) is 0 Å². The van der Waals surface area contributed by atoms with Crippen LogP contribution in [-0.2, 0) is 14.3 Å². The van der Waals surface area contributed by atoms with Crippen molar-refractivity contribution in [3.05, 3.63) is 59.7 Å². The summed E-state index contributed by atoms with van der Waals surface area (Å²) < 4.78 is 33.9. The third kappa shape index (κ3) is 4.72. The Hall–Kier alpha value is -3.49. The smallest absolute Gasteiger partial charge is 0.408 e. The number of benzene rings is 2. The van der Waals surface area contributed by atoms with Gasteiger partial charge in [0.05, 0.1) is 0 Å². The van der Waals surface area contributed by atoms with Crippen LogP contribution in [0, 0.1) is 5.92 Å². The highest BCUT2D eigenvalue weighted by molar-refractivity contribution is 5.90. The van der Waals surface area contributed by atoms with Gasteiger partial charge in [-0.05, 0) is 54.4 Å². The molecular weight excluding hydrogens is 458 g/mol. The maximum atomic E-state index is 14.2. The molecule has 2 aliphatic carbocycles. The number of carbonyl (C=O) groups excluding carboxylic acids is 2. The number of carbonyl (C=O) groups is 3. The van der Waals surface area contributed by atoms with Gasteiger partial charge in [-0.25, -0.2) is 9.59 Å². The average Bonchev–Trinajstić information content (AvgIpc) is 3.62. The summed E-state index contributed by atoms with van der Waals surface area (Å²) in [6.07, 6.45) is 0.0192. The summed E-state index contributed by atoms with van der Waals surface area (Å²) in [7, 11) is 0. The molecule has 1 fully saturated rings. The van der Waals surface area contributed by atoms with Crippen molar-refractivity contribution in [2.45, 2.75) is 56.5 Å². The number of amides is 2. The van der Waals surface area contributed by atoms with E-state index in [2.05, 4.69) is 10.6 Å². The molecule has 2 aliphatic rings. The fourth-order valence-corrected chi connectivity index (χ4v) is 4.53. The Labute approximate surface area is 201 Å². The Bertz CT molecular complexity index is 1100. The Balaban J connectivity index is 1.43. The Kier molecular flexibility index (Phi) is 6.53. The fraction of sp³-hybridized carbons (Fsp3) is 0.423. The Morgan fingerprint density at radius 1 is 1.06 bits per heavy atom. The van der Waals surface area contributed by atoms with Gasteiger partial charge in [-0.1, -0.05) is 55.5 Å². The van der Waals surface area contributed by atoms with Crippen LogP contribution in [0.25, 0.3) is 11.1 Å². The Morgan fingerprint density at radius 2 is 1.60 bits per heavy atom. The van der Waals surface area contributed by atoms with E-state index >= 15 is 0 Å². The highest BCUT2D eigenvalue weighted by atomic mass is 19.3. The largest absolute Gasteiger partial charge is 0.477 e. The van der Waals surface area contributed by atoms with Crippen LogP contribution in [0.3, 0.4) is 0 Å². The molecule has 0 aromatic heterocycles. The van der Waals surface area contributed by atoms with Crippen molar-refractivity contribution in [3.63, 3.8) is 0 Å². The maximum absolute atomic E-state index is 14.2. The summed E-state index contributed by atoms with van der Waals surface area (Å²) in [5.41, 5.74) is 2.63. The number of halogens is 2. The van der Waals surface area contributed by atoms with Crippen LogP contribution < -0.4 is 10.6 Å². The summed E-state index contributed by atoms with van der Waals surface area (Å²) >= 11 is 0. The third-order valence-electron chi connectivity index (χ3n) is 6.99. The standard InChI is InChI=1S/C26H28F2N2O5/c1-3-25(2,22(31)29-21(15-12-13-15)26(27,28)23(32)33)30-24(34)35-14-20-18-10-6-4-8-16(18)17-9-5-7-11-19(17)20/h4-11,15,20-21H,3,12-14H2,1-2H3,(H,29,31)(H,30,34)(H,32,33). The number of aliphatic carboxylic acids is 1. The molecular formula is C26H28F2N2O5. The van der Waals surface area contributed by atoms with Crippen molar-refractivity contribution in [2.24, 2.45) is 5.92 Å². The summed E-state index contributed by atoms with van der Waals surface area (Å²) in [6.45, 7) is 3.04. The van der Waals surface area contributed by atoms with Gasteiger partial charge in [0.1, 0.15) is 18.2 Å². The zero-order valence-corrected chi connectivity index (χ0v) is 19.5. The van der Waals surface area contributed by atoms with E-state index in [1.807, 2.05) is 48.5 Å². The first kappa shape index (κ1) is 24.6. The summed E-state index contributed by atoms with van der Waals surface area (Å²) in [5, 5.41) is 13.6. The number of alkyl halides is 2. The van der Waals surface area contributed by atoms with E-state index in [0.717, 1.165) is 22.3 Å². The molecule has 35 heavy (non-hydrogen) atoms. The molecule has 2 atom stereocenters. The zero-order chi connectivity index (χ0) is 25.4. The number of nitrogens with one attached hydrogen (secondary N) is 2. The molecule has 0 radical (unpaired) electrons. The van der Waals surface area contributed by atoms with E-state index in [1.165, 1.54) is 6.92 Å². The highest BCUT2D eigenvalue weighted by Crippen LogP contribution is 2.44. The van der Waals surface area contributed by atoms with Crippen LogP contribution in [0.4, 0.5) is 13.6 Å². The van der Waals surface area contributed by atoms with Gasteiger partial charge in [-0.15, -0.1) is 0 Å². The molecule has 0 heterocycles. The second-order valence-electron chi connectivity index (χ2n) is 9.35. The molecule has 0 aliphatic heterocycles. The fourth-order valence-electron chi connectivity index (χ4n) is 4.53. The first-order chi connectivity index (χ1) is 16.6. The van der Waals surface area contributed by atoms with Crippen molar-refractivity contribution in [1.82, 2.24) is 10.6 Å². The predicted molar refractivity (Wildman–Crippen MR) is 124 cm³/mol. The van der Waals surface area contributed by atoms with Crippen molar-refractivity contribution < 1.29 is 33.0 Å². The number of hydrogen-bond donors (Lipinski definition) is 3. The molecule has 0 saturated heterocycles. The third-order valence-corrected chi connectivity index (χ3v) is 6.99. The quantitative estimate of drug-likeness (QED) is 0.490. The Morgan fingerprint density at radius 3 is 2.09 bits per heavy atom. The van der Waals surface area contributed by atoms with E-state index in [1.54, 1.807) is 6.92 Å². The number of rotatable bonds is 9. The van der Waals surface area contributed by atoms with Crippen LogP contribution in [0.2, 0.25) is 0 Å². The molecule has 0 bridgehead atoms. The van der Waals surface area contributed by atoms with Crippen LogP contribution in [-0.4, -0.2) is 47.2 Å². The van der Waals surface area contributed by atoms with Crippen molar-refractivity contribution in [2.75, 3.05) is 6.61 Å². The van der Waals surface area contributed by atoms with E-state index in [4.69, 9.17) is 9.84 Å². The van der Waals surface area contributed by atoms with Crippen LogP contribution in [0.15, 0.2) is 48.5 Å². The number of carboxylic acids is 1. The van der Waals surface area contributed by atoms with E-state index in [-0.39, 0.29) is 18.9 Å². The summed E-state index contributed by atoms with van der Waals surface area (Å²) in [4.78, 5) is 36.7. The summed E-state index contributed by atoms with van der Waals surface area (Å²) in [6, 6.07) is 13.9. The van der Waals surface area contributed by atoms with Gasteiger partial charge in [-0.2, -0.15) is 8.78 Å². The lowest BCUT2D eigenvalue weighted by Crippen LogP contribution is -2.62. The second-order valence-corrected chi connectivity index (χ2v) is 9.35.